The lowest BCUT2D eigenvalue weighted by atomic mass is 10.1. The SMILES string of the molecule is Cc1cc(=O)oc2c(C)c3oc(CN(C)C)cc3cc12. The van der Waals surface area contributed by atoms with Crippen LogP contribution in [0.25, 0.3) is 21.9 Å². The van der Waals surface area contributed by atoms with Crippen molar-refractivity contribution in [1.29, 1.82) is 0 Å². The van der Waals surface area contributed by atoms with Crippen LogP contribution in [-0.4, -0.2) is 19.0 Å². The highest BCUT2D eigenvalue weighted by atomic mass is 16.4. The standard InChI is InChI=1S/C16H17NO3/c1-9-5-14(18)20-16-10(2)15-11(7-13(9)16)6-12(19-15)8-17(3)4/h5-7H,8H2,1-4H3. The van der Waals surface area contributed by atoms with Crippen LogP contribution in [0, 0.1) is 13.8 Å². The van der Waals surface area contributed by atoms with Gasteiger partial charge in [0.2, 0.25) is 0 Å². The predicted molar refractivity (Wildman–Crippen MR) is 79.1 cm³/mol. The Labute approximate surface area is 116 Å². The molecule has 4 nitrogen and oxygen atoms in total. The maximum absolute atomic E-state index is 11.5. The van der Waals surface area contributed by atoms with Gasteiger partial charge in [-0.05, 0) is 45.6 Å². The molecular weight excluding hydrogens is 254 g/mol. The zero-order chi connectivity index (χ0) is 14.4. The van der Waals surface area contributed by atoms with Crippen molar-refractivity contribution in [2.45, 2.75) is 20.4 Å². The van der Waals surface area contributed by atoms with E-state index in [9.17, 15) is 4.79 Å². The van der Waals surface area contributed by atoms with E-state index in [2.05, 4.69) is 4.90 Å². The lowest BCUT2D eigenvalue weighted by Gasteiger charge is -2.05. The fourth-order valence-corrected chi connectivity index (χ4v) is 2.58. The maximum Gasteiger partial charge on any atom is 0.336 e. The van der Waals surface area contributed by atoms with E-state index in [1.165, 1.54) is 6.07 Å². The van der Waals surface area contributed by atoms with E-state index in [-0.39, 0.29) is 5.63 Å². The Hall–Kier alpha value is -2.07. The van der Waals surface area contributed by atoms with Gasteiger partial charge >= 0.3 is 5.63 Å². The molecule has 0 fully saturated rings. The monoisotopic (exact) mass is 271 g/mol. The van der Waals surface area contributed by atoms with Crippen molar-refractivity contribution in [3.63, 3.8) is 0 Å². The van der Waals surface area contributed by atoms with E-state index in [4.69, 9.17) is 8.83 Å². The molecule has 0 N–H and O–H groups in total. The summed E-state index contributed by atoms with van der Waals surface area (Å²) in [5.41, 5.74) is 2.90. The third-order valence-electron chi connectivity index (χ3n) is 3.47. The third-order valence-corrected chi connectivity index (χ3v) is 3.47. The Morgan fingerprint density at radius 1 is 1.05 bits per heavy atom. The highest BCUT2D eigenvalue weighted by Gasteiger charge is 2.13. The first-order chi connectivity index (χ1) is 9.45. The average molecular weight is 271 g/mol. The van der Waals surface area contributed by atoms with E-state index in [0.29, 0.717) is 5.58 Å². The van der Waals surface area contributed by atoms with E-state index in [1.807, 2.05) is 40.1 Å². The van der Waals surface area contributed by atoms with E-state index in [0.717, 1.165) is 39.8 Å². The van der Waals surface area contributed by atoms with Gasteiger partial charge in [-0.1, -0.05) is 0 Å². The highest BCUT2D eigenvalue weighted by Crippen LogP contribution is 2.31. The molecule has 2 aromatic heterocycles. The number of benzene rings is 1. The molecule has 0 bridgehead atoms. The quantitative estimate of drug-likeness (QED) is 0.671. The van der Waals surface area contributed by atoms with E-state index < -0.39 is 0 Å². The third kappa shape index (κ3) is 2.02. The highest BCUT2D eigenvalue weighted by molar-refractivity contribution is 5.98. The van der Waals surface area contributed by atoms with Crippen LogP contribution in [0.3, 0.4) is 0 Å². The van der Waals surface area contributed by atoms with Gasteiger partial charge in [0.25, 0.3) is 0 Å². The number of aryl methyl sites for hydroxylation is 2. The van der Waals surface area contributed by atoms with Crippen LogP contribution in [0.5, 0.6) is 0 Å². The fourth-order valence-electron chi connectivity index (χ4n) is 2.58. The summed E-state index contributed by atoms with van der Waals surface area (Å²) in [5, 5.41) is 2.01. The molecule has 104 valence electrons. The molecule has 0 amide bonds. The smallest absolute Gasteiger partial charge is 0.336 e. The summed E-state index contributed by atoms with van der Waals surface area (Å²) in [6.07, 6.45) is 0. The first-order valence-corrected chi connectivity index (χ1v) is 6.57. The molecule has 0 unspecified atom stereocenters. The van der Waals surface area contributed by atoms with E-state index in [1.54, 1.807) is 0 Å². The topological polar surface area (TPSA) is 46.6 Å². The summed E-state index contributed by atoms with van der Waals surface area (Å²) in [5.74, 6) is 0.906. The molecule has 0 saturated carbocycles. The van der Waals surface area contributed by atoms with Crippen LogP contribution >= 0.6 is 0 Å². The van der Waals surface area contributed by atoms with Crippen molar-refractivity contribution in [2.75, 3.05) is 14.1 Å². The molecule has 2 heterocycles. The molecule has 0 saturated heterocycles. The molecule has 0 aliphatic rings. The molecule has 20 heavy (non-hydrogen) atoms. The molecule has 0 atom stereocenters. The Bertz CT molecular complexity index is 855. The largest absolute Gasteiger partial charge is 0.459 e. The summed E-state index contributed by atoms with van der Waals surface area (Å²) in [6, 6.07) is 5.60. The molecule has 3 rings (SSSR count). The minimum absolute atomic E-state index is 0.322. The van der Waals surface area contributed by atoms with Gasteiger partial charge < -0.3 is 13.7 Å². The minimum atomic E-state index is -0.322. The van der Waals surface area contributed by atoms with Gasteiger partial charge in [0.15, 0.2) is 0 Å². The minimum Gasteiger partial charge on any atom is -0.459 e. The second-order valence-corrected chi connectivity index (χ2v) is 5.50. The first-order valence-electron chi connectivity index (χ1n) is 6.57. The zero-order valence-corrected chi connectivity index (χ0v) is 12.1. The summed E-state index contributed by atoms with van der Waals surface area (Å²) in [4.78, 5) is 13.6. The van der Waals surface area contributed by atoms with Gasteiger partial charge in [0, 0.05) is 22.4 Å². The van der Waals surface area contributed by atoms with Crippen molar-refractivity contribution in [3.05, 3.63) is 45.5 Å². The van der Waals surface area contributed by atoms with Gasteiger partial charge in [-0.15, -0.1) is 0 Å². The van der Waals surface area contributed by atoms with Crippen LogP contribution in [0.15, 0.2) is 31.8 Å². The fraction of sp³-hybridized carbons (Fsp3) is 0.312. The number of nitrogens with zero attached hydrogens (tertiary/aromatic N) is 1. The van der Waals surface area contributed by atoms with Crippen LogP contribution in [-0.2, 0) is 6.54 Å². The average Bonchev–Trinajstić information content (AvgIpc) is 2.73. The normalized spacial score (nSPS) is 11.8. The molecule has 0 aliphatic heterocycles. The first kappa shape index (κ1) is 12.9. The van der Waals surface area contributed by atoms with Crippen LogP contribution in [0.4, 0.5) is 0 Å². The van der Waals surface area contributed by atoms with Crippen molar-refractivity contribution in [1.82, 2.24) is 4.90 Å². The van der Waals surface area contributed by atoms with Crippen LogP contribution < -0.4 is 5.63 Å². The lowest BCUT2D eigenvalue weighted by molar-refractivity contribution is 0.358. The number of hydrogen-bond donors (Lipinski definition) is 0. The van der Waals surface area contributed by atoms with Gasteiger partial charge in [-0.3, -0.25) is 0 Å². The Morgan fingerprint density at radius 2 is 1.80 bits per heavy atom. The zero-order valence-electron chi connectivity index (χ0n) is 12.1. The molecule has 0 spiro atoms. The predicted octanol–water partition coefficient (Wildman–Crippen LogP) is 3.22. The Balaban J connectivity index is 2.34. The van der Waals surface area contributed by atoms with Crippen molar-refractivity contribution in [3.8, 4) is 0 Å². The van der Waals surface area contributed by atoms with Gasteiger partial charge in [-0.25, -0.2) is 4.79 Å². The van der Waals surface area contributed by atoms with Crippen LogP contribution in [0.2, 0.25) is 0 Å². The number of hydrogen-bond acceptors (Lipinski definition) is 4. The van der Waals surface area contributed by atoms with Crippen molar-refractivity contribution >= 4 is 21.9 Å². The number of fused-ring (bicyclic) bond motifs is 2. The second kappa shape index (κ2) is 4.49. The number of furan rings is 1. The lowest BCUT2D eigenvalue weighted by Crippen LogP contribution is -2.09. The molecule has 4 heteroatoms. The molecule has 1 aromatic carbocycles. The second-order valence-electron chi connectivity index (χ2n) is 5.50. The summed E-state index contributed by atoms with van der Waals surface area (Å²) >= 11 is 0. The Morgan fingerprint density at radius 3 is 2.50 bits per heavy atom. The van der Waals surface area contributed by atoms with Crippen molar-refractivity contribution in [2.24, 2.45) is 0 Å². The van der Waals surface area contributed by atoms with Gasteiger partial charge in [0.05, 0.1) is 6.54 Å². The van der Waals surface area contributed by atoms with E-state index >= 15 is 0 Å². The van der Waals surface area contributed by atoms with Crippen molar-refractivity contribution < 1.29 is 8.83 Å². The summed E-state index contributed by atoms with van der Waals surface area (Å²) in [7, 11) is 4.00. The summed E-state index contributed by atoms with van der Waals surface area (Å²) < 4.78 is 11.2. The van der Waals surface area contributed by atoms with Gasteiger partial charge in [-0.2, -0.15) is 0 Å². The van der Waals surface area contributed by atoms with Gasteiger partial charge in [0.1, 0.15) is 16.9 Å². The maximum atomic E-state index is 11.5. The van der Waals surface area contributed by atoms with Crippen LogP contribution in [0.1, 0.15) is 16.9 Å². The summed E-state index contributed by atoms with van der Waals surface area (Å²) in [6.45, 7) is 4.59. The molecule has 3 aromatic rings. The number of rotatable bonds is 2. The molecule has 0 radical (unpaired) electrons. The molecular formula is C16H17NO3. The Kier molecular flexibility index (Phi) is 2.91. The molecule has 0 aliphatic carbocycles.